The highest BCUT2D eigenvalue weighted by Gasteiger charge is 2.11. The predicted octanol–water partition coefficient (Wildman–Crippen LogP) is 3.41. The molecule has 0 heterocycles. The van der Waals surface area contributed by atoms with Gasteiger partial charge in [0.15, 0.2) is 0 Å². The molecule has 1 atom stereocenters. The second-order valence-electron chi connectivity index (χ2n) is 4.90. The van der Waals surface area contributed by atoms with E-state index in [0.717, 1.165) is 6.54 Å². The third-order valence-electron chi connectivity index (χ3n) is 3.62. The van der Waals surface area contributed by atoms with Crippen molar-refractivity contribution in [3.05, 3.63) is 34.9 Å². The summed E-state index contributed by atoms with van der Waals surface area (Å²) in [7, 11) is 0. The minimum Gasteiger partial charge on any atom is -0.309 e. The molecule has 1 aromatic carbocycles. The van der Waals surface area contributed by atoms with Gasteiger partial charge in [-0.25, -0.2) is 0 Å². The molecular formula is C15H23NS. The van der Waals surface area contributed by atoms with Crippen LogP contribution < -0.4 is 5.32 Å². The Kier molecular flexibility index (Phi) is 4.93. The minimum absolute atomic E-state index is 0.651. The van der Waals surface area contributed by atoms with E-state index in [4.69, 9.17) is 0 Å². The van der Waals surface area contributed by atoms with Crippen molar-refractivity contribution in [2.24, 2.45) is 0 Å². The molecule has 1 unspecified atom stereocenters. The summed E-state index contributed by atoms with van der Waals surface area (Å²) in [5.41, 5.74) is 4.61. The van der Waals surface area contributed by atoms with Crippen LogP contribution in [0.15, 0.2) is 18.2 Å². The van der Waals surface area contributed by atoms with Crippen molar-refractivity contribution in [3.8, 4) is 0 Å². The van der Waals surface area contributed by atoms with Crippen molar-refractivity contribution < 1.29 is 0 Å². The predicted molar refractivity (Wildman–Crippen MR) is 77.8 cm³/mol. The quantitative estimate of drug-likeness (QED) is 0.829. The monoisotopic (exact) mass is 249 g/mol. The number of aryl methyl sites for hydroxylation is 2. The van der Waals surface area contributed by atoms with Crippen molar-refractivity contribution in [2.75, 3.05) is 12.0 Å². The molecule has 0 bridgehead atoms. The summed E-state index contributed by atoms with van der Waals surface area (Å²) in [6.45, 7) is 3.28. The summed E-state index contributed by atoms with van der Waals surface area (Å²) in [5.74, 6) is 1.21. The summed E-state index contributed by atoms with van der Waals surface area (Å²) >= 11 is 1.93. The van der Waals surface area contributed by atoms with Crippen molar-refractivity contribution in [1.29, 1.82) is 0 Å². The zero-order valence-corrected chi connectivity index (χ0v) is 11.8. The first-order valence-electron chi connectivity index (χ1n) is 6.66. The molecule has 94 valence electrons. The molecule has 0 spiro atoms. The Hall–Kier alpha value is -0.470. The highest BCUT2D eigenvalue weighted by atomic mass is 32.2. The van der Waals surface area contributed by atoms with Crippen LogP contribution in [0.4, 0.5) is 0 Å². The van der Waals surface area contributed by atoms with Gasteiger partial charge in [-0.1, -0.05) is 25.1 Å². The lowest BCUT2D eigenvalue weighted by atomic mass is 10.1. The molecule has 0 aromatic heterocycles. The fourth-order valence-corrected chi connectivity index (χ4v) is 3.28. The Morgan fingerprint density at radius 2 is 2.12 bits per heavy atom. The van der Waals surface area contributed by atoms with Crippen LogP contribution in [0.5, 0.6) is 0 Å². The maximum absolute atomic E-state index is 3.66. The van der Waals surface area contributed by atoms with Gasteiger partial charge < -0.3 is 5.32 Å². The SMILES string of the molecule is CCC(CSC)NCc1ccc2c(c1)CCC2. The normalized spacial score (nSPS) is 15.9. The van der Waals surface area contributed by atoms with Gasteiger partial charge in [0, 0.05) is 18.3 Å². The van der Waals surface area contributed by atoms with E-state index in [-0.39, 0.29) is 0 Å². The van der Waals surface area contributed by atoms with E-state index >= 15 is 0 Å². The zero-order chi connectivity index (χ0) is 12.1. The number of nitrogens with one attached hydrogen (secondary N) is 1. The third-order valence-corrected chi connectivity index (χ3v) is 4.35. The Morgan fingerprint density at radius 3 is 2.88 bits per heavy atom. The van der Waals surface area contributed by atoms with Gasteiger partial charge in [-0.05, 0) is 48.6 Å². The molecule has 2 heteroatoms. The molecule has 0 aliphatic heterocycles. The van der Waals surface area contributed by atoms with Gasteiger partial charge >= 0.3 is 0 Å². The highest BCUT2D eigenvalue weighted by Crippen LogP contribution is 2.22. The highest BCUT2D eigenvalue weighted by molar-refractivity contribution is 7.98. The minimum atomic E-state index is 0.651. The maximum Gasteiger partial charge on any atom is 0.0208 e. The molecule has 1 N–H and O–H groups in total. The molecule has 17 heavy (non-hydrogen) atoms. The smallest absolute Gasteiger partial charge is 0.0208 e. The van der Waals surface area contributed by atoms with Crippen LogP contribution in [0, 0.1) is 0 Å². The van der Waals surface area contributed by atoms with Crippen LogP contribution in [0.25, 0.3) is 0 Å². The van der Waals surface area contributed by atoms with Crippen LogP contribution in [0.2, 0.25) is 0 Å². The van der Waals surface area contributed by atoms with E-state index in [0.29, 0.717) is 6.04 Å². The lowest BCUT2D eigenvalue weighted by Gasteiger charge is -2.16. The van der Waals surface area contributed by atoms with Crippen molar-refractivity contribution in [1.82, 2.24) is 5.32 Å². The number of rotatable bonds is 6. The molecule has 0 saturated carbocycles. The Balaban J connectivity index is 1.90. The fraction of sp³-hybridized carbons (Fsp3) is 0.600. The molecule has 0 amide bonds. The number of benzene rings is 1. The lowest BCUT2D eigenvalue weighted by Crippen LogP contribution is -2.30. The zero-order valence-electron chi connectivity index (χ0n) is 11.0. The standard InChI is InChI=1S/C15H23NS/c1-3-15(11-17-2)16-10-12-7-8-13-5-4-6-14(13)9-12/h7-9,15-16H,3-6,10-11H2,1-2H3. The number of thioether (sulfide) groups is 1. The molecule has 1 nitrogen and oxygen atoms in total. The van der Waals surface area contributed by atoms with E-state index in [2.05, 4.69) is 36.7 Å². The molecule has 1 aromatic rings. The van der Waals surface area contributed by atoms with Gasteiger partial charge in [0.05, 0.1) is 0 Å². The van der Waals surface area contributed by atoms with Crippen molar-refractivity contribution in [3.63, 3.8) is 0 Å². The average molecular weight is 249 g/mol. The molecular weight excluding hydrogens is 226 g/mol. The Bertz CT molecular complexity index is 362. The van der Waals surface area contributed by atoms with Gasteiger partial charge in [0.25, 0.3) is 0 Å². The van der Waals surface area contributed by atoms with Crippen LogP contribution in [0.3, 0.4) is 0 Å². The first-order chi connectivity index (χ1) is 8.33. The second kappa shape index (κ2) is 6.46. The van der Waals surface area contributed by atoms with E-state index in [1.165, 1.54) is 37.0 Å². The summed E-state index contributed by atoms with van der Waals surface area (Å²) in [5, 5.41) is 3.66. The van der Waals surface area contributed by atoms with Crippen LogP contribution >= 0.6 is 11.8 Å². The van der Waals surface area contributed by atoms with Crippen LogP contribution in [-0.4, -0.2) is 18.1 Å². The van der Waals surface area contributed by atoms with Gasteiger partial charge in [0.2, 0.25) is 0 Å². The molecule has 1 aliphatic carbocycles. The van der Waals surface area contributed by atoms with Gasteiger partial charge in [0.1, 0.15) is 0 Å². The summed E-state index contributed by atoms with van der Waals surface area (Å²) < 4.78 is 0. The largest absolute Gasteiger partial charge is 0.309 e. The number of hydrogen-bond donors (Lipinski definition) is 1. The fourth-order valence-electron chi connectivity index (χ4n) is 2.52. The van der Waals surface area contributed by atoms with Gasteiger partial charge in [-0.3, -0.25) is 0 Å². The van der Waals surface area contributed by atoms with Crippen LogP contribution in [-0.2, 0) is 19.4 Å². The average Bonchev–Trinajstić information content (AvgIpc) is 2.81. The molecule has 2 rings (SSSR count). The number of fused-ring (bicyclic) bond motifs is 1. The van der Waals surface area contributed by atoms with Gasteiger partial charge in [-0.15, -0.1) is 0 Å². The molecule has 1 aliphatic rings. The lowest BCUT2D eigenvalue weighted by molar-refractivity contribution is 0.541. The van der Waals surface area contributed by atoms with E-state index in [9.17, 15) is 0 Å². The van der Waals surface area contributed by atoms with E-state index in [1.54, 1.807) is 11.1 Å². The first-order valence-corrected chi connectivity index (χ1v) is 8.06. The Morgan fingerprint density at radius 1 is 1.29 bits per heavy atom. The summed E-state index contributed by atoms with van der Waals surface area (Å²) in [6, 6.07) is 7.68. The molecule has 0 radical (unpaired) electrons. The summed E-state index contributed by atoms with van der Waals surface area (Å²) in [6.07, 6.45) is 7.31. The second-order valence-corrected chi connectivity index (χ2v) is 5.81. The van der Waals surface area contributed by atoms with Crippen molar-refractivity contribution in [2.45, 2.75) is 45.2 Å². The topological polar surface area (TPSA) is 12.0 Å². The van der Waals surface area contributed by atoms with Gasteiger partial charge in [-0.2, -0.15) is 11.8 Å². The third kappa shape index (κ3) is 3.49. The first kappa shape index (κ1) is 13.0. The Labute approximate surface area is 109 Å². The maximum atomic E-state index is 3.66. The molecule has 0 saturated heterocycles. The van der Waals surface area contributed by atoms with Crippen LogP contribution in [0.1, 0.15) is 36.5 Å². The van der Waals surface area contributed by atoms with E-state index in [1.807, 2.05) is 11.8 Å². The number of hydrogen-bond acceptors (Lipinski definition) is 2. The van der Waals surface area contributed by atoms with E-state index < -0.39 is 0 Å². The summed E-state index contributed by atoms with van der Waals surface area (Å²) in [4.78, 5) is 0. The molecule has 0 fully saturated rings. The van der Waals surface area contributed by atoms with Crippen molar-refractivity contribution >= 4 is 11.8 Å².